The van der Waals surface area contributed by atoms with Crippen LogP contribution in [0.3, 0.4) is 0 Å². The first-order chi connectivity index (χ1) is 9.76. The van der Waals surface area contributed by atoms with Gasteiger partial charge in [-0.25, -0.2) is 0 Å². The van der Waals surface area contributed by atoms with Crippen LogP contribution in [0.5, 0.6) is 0 Å². The Morgan fingerprint density at radius 2 is 1.75 bits per heavy atom. The number of hydrogen-bond acceptors (Lipinski definition) is 2. The molecule has 0 radical (unpaired) electrons. The molecule has 0 spiro atoms. The Morgan fingerprint density at radius 1 is 1.00 bits per heavy atom. The molecule has 0 aliphatic carbocycles. The second-order valence-electron chi connectivity index (χ2n) is 5.16. The standard InChI is InChI=1S/C18H24N2/c1-3-4-12-20(17-8-6-5-7-9-17)18-11-10-16(14-19)15(2)13-18/h5-11,13H,3-4,12,14,19H2,1-2H3. The minimum Gasteiger partial charge on any atom is -0.341 e. The molecule has 0 saturated heterocycles. The first-order valence-corrected chi connectivity index (χ1v) is 7.38. The largest absolute Gasteiger partial charge is 0.341 e. The molecular formula is C18H24N2. The third-order valence-electron chi connectivity index (χ3n) is 3.66. The van der Waals surface area contributed by atoms with Gasteiger partial charge in [0.25, 0.3) is 0 Å². The topological polar surface area (TPSA) is 29.3 Å². The fourth-order valence-corrected chi connectivity index (χ4v) is 2.41. The maximum Gasteiger partial charge on any atom is 0.0413 e. The van der Waals surface area contributed by atoms with Crippen molar-refractivity contribution >= 4 is 11.4 Å². The first kappa shape index (κ1) is 14.6. The minimum atomic E-state index is 0.604. The van der Waals surface area contributed by atoms with E-state index in [1.165, 1.54) is 35.3 Å². The van der Waals surface area contributed by atoms with E-state index in [2.05, 4.69) is 67.3 Å². The maximum atomic E-state index is 5.75. The Labute approximate surface area is 122 Å². The molecule has 0 aliphatic heterocycles. The van der Waals surface area contributed by atoms with Crippen LogP contribution in [-0.4, -0.2) is 6.54 Å². The van der Waals surface area contributed by atoms with Crippen molar-refractivity contribution in [2.75, 3.05) is 11.4 Å². The second-order valence-corrected chi connectivity index (χ2v) is 5.16. The zero-order chi connectivity index (χ0) is 14.4. The highest BCUT2D eigenvalue weighted by Gasteiger charge is 2.09. The first-order valence-electron chi connectivity index (χ1n) is 7.38. The molecule has 20 heavy (non-hydrogen) atoms. The van der Waals surface area contributed by atoms with Crippen molar-refractivity contribution in [2.45, 2.75) is 33.2 Å². The van der Waals surface area contributed by atoms with Crippen molar-refractivity contribution < 1.29 is 0 Å². The molecule has 2 N–H and O–H groups in total. The summed E-state index contributed by atoms with van der Waals surface area (Å²) in [5.41, 5.74) is 10.7. The predicted octanol–water partition coefficient (Wildman–Crippen LogP) is 4.39. The van der Waals surface area contributed by atoms with E-state index in [-0.39, 0.29) is 0 Å². The monoisotopic (exact) mass is 268 g/mol. The van der Waals surface area contributed by atoms with Gasteiger partial charge in [0.15, 0.2) is 0 Å². The molecule has 106 valence electrons. The SMILES string of the molecule is CCCCN(c1ccccc1)c1ccc(CN)c(C)c1. The molecule has 0 aliphatic rings. The number of benzene rings is 2. The molecule has 0 fully saturated rings. The van der Waals surface area contributed by atoms with Crippen molar-refractivity contribution in [1.29, 1.82) is 0 Å². The van der Waals surface area contributed by atoms with E-state index in [0.717, 1.165) is 6.54 Å². The van der Waals surface area contributed by atoms with Crippen LogP contribution in [0.2, 0.25) is 0 Å². The number of rotatable bonds is 6. The fourth-order valence-electron chi connectivity index (χ4n) is 2.41. The molecular weight excluding hydrogens is 244 g/mol. The van der Waals surface area contributed by atoms with Gasteiger partial charge in [0.1, 0.15) is 0 Å². The van der Waals surface area contributed by atoms with Gasteiger partial charge in [-0.1, -0.05) is 37.6 Å². The molecule has 0 saturated carbocycles. The summed E-state index contributed by atoms with van der Waals surface area (Å²) < 4.78 is 0. The molecule has 0 atom stereocenters. The molecule has 2 nitrogen and oxygen atoms in total. The van der Waals surface area contributed by atoms with Gasteiger partial charge in [0.05, 0.1) is 0 Å². The number of hydrogen-bond donors (Lipinski definition) is 1. The average Bonchev–Trinajstić information content (AvgIpc) is 2.49. The van der Waals surface area contributed by atoms with E-state index >= 15 is 0 Å². The van der Waals surface area contributed by atoms with Gasteiger partial charge < -0.3 is 10.6 Å². The number of nitrogens with zero attached hydrogens (tertiary/aromatic N) is 1. The van der Waals surface area contributed by atoms with Gasteiger partial charge in [0, 0.05) is 24.5 Å². The average molecular weight is 268 g/mol. The lowest BCUT2D eigenvalue weighted by Gasteiger charge is -2.25. The lowest BCUT2D eigenvalue weighted by Crippen LogP contribution is -2.18. The van der Waals surface area contributed by atoms with Crippen LogP contribution >= 0.6 is 0 Å². The summed E-state index contributed by atoms with van der Waals surface area (Å²) in [5.74, 6) is 0. The van der Waals surface area contributed by atoms with Crippen LogP contribution in [-0.2, 0) is 6.54 Å². The number of anilines is 2. The number of unbranched alkanes of at least 4 members (excludes halogenated alkanes) is 1. The molecule has 2 aromatic rings. The quantitative estimate of drug-likeness (QED) is 0.841. The smallest absolute Gasteiger partial charge is 0.0413 e. The predicted molar refractivity (Wildman–Crippen MR) is 87.4 cm³/mol. The van der Waals surface area contributed by atoms with Gasteiger partial charge in [-0.3, -0.25) is 0 Å². The zero-order valence-corrected chi connectivity index (χ0v) is 12.5. The molecule has 2 rings (SSSR count). The highest BCUT2D eigenvalue weighted by atomic mass is 15.1. The van der Waals surface area contributed by atoms with Crippen LogP contribution < -0.4 is 10.6 Å². The number of aryl methyl sites for hydroxylation is 1. The van der Waals surface area contributed by atoms with Crippen molar-refractivity contribution in [3.63, 3.8) is 0 Å². The van der Waals surface area contributed by atoms with Gasteiger partial charge in [-0.15, -0.1) is 0 Å². The molecule has 2 heteroatoms. The van der Waals surface area contributed by atoms with Crippen LogP contribution in [0.25, 0.3) is 0 Å². The summed E-state index contributed by atoms with van der Waals surface area (Å²) in [5, 5.41) is 0. The summed E-state index contributed by atoms with van der Waals surface area (Å²) in [4.78, 5) is 2.39. The molecule has 0 unspecified atom stereocenters. The number of nitrogens with two attached hydrogens (primary N) is 1. The van der Waals surface area contributed by atoms with E-state index in [9.17, 15) is 0 Å². The second kappa shape index (κ2) is 7.11. The summed E-state index contributed by atoms with van der Waals surface area (Å²) in [6.45, 7) is 6.01. The highest BCUT2D eigenvalue weighted by molar-refractivity contribution is 5.64. The van der Waals surface area contributed by atoms with Gasteiger partial charge in [0.2, 0.25) is 0 Å². The third-order valence-corrected chi connectivity index (χ3v) is 3.66. The van der Waals surface area contributed by atoms with Crippen LogP contribution in [0.15, 0.2) is 48.5 Å². The maximum absolute atomic E-state index is 5.75. The lowest BCUT2D eigenvalue weighted by atomic mass is 10.1. The number of para-hydroxylation sites is 1. The van der Waals surface area contributed by atoms with Crippen molar-refractivity contribution in [3.8, 4) is 0 Å². The van der Waals surface area contributed by atoms with Crippen LogP contribution in [0.4, 0.5) is 11.4 Å². The van der Waals surface area contributed by atoms with Gasteiger partial charge >= 0.3 is 0 Å². The van der Waals surface area contributed by atoms with Crippen molar-refractivity contribution in [2.24, 2.45) is 5.73 Å². The Bertz CT molecular complexity index is 534. The third kappa shape index (κ3) is 3.40. The van der Waals surface area contributed by atoms with Crippen LogP contribution in [0, 0.1) is 6.92 Å². The Hall–Kier alpha value is -1.80. The summed E-state index contributed by atoms with van der Waals surface area (Å²) in [6, 6.07) is 17.1. The molecule has 0 aromatic heterocycles. The summed E-state index contributed by atoms with van der Waals surface area (Å²) in [7, 11) is 0. The van der Waals surface area contributed by atoms with Crippen LogP contribution in [0.1, 0.15) is 30.9 Å². The minimum absolute atomic E-state index is 0.604. The Morgan fingerprint density at radius 3 is 2.35 bits per heavy atom. The zero-order valence-electron chi connectivity index (χ0n) is 12.5. The van der Waals surface area contributed by atoms with Crippen molar-refractivity contribution in [1.82, 2.24) is 0 Å². The van der Waals surface area contributed by atoms with E-state index in [4.69, 9.17) is 5.73 Å². The fraction of sp³-hybridized carbons (Fsp3) is 0.333. The molecule has 2 aromatic carbocycles. The normalized spacial score (nSPS) is 10.6. The van der Waals surface area contributed by atoms with Crippen molar-refractivity contribution in [3.05, 3.63) is 59.7 Å². The molecule has 0 bridgehead atoms. The summed E-state index contributed by atoms with van der Waals surface area (Å²) >= 11 is 0. The molecule has 0 amide bonds. The van der Waals surface area contributed by atoms with Gasteiger partial charge in [-0.2, -0.15) is 0 Å². The Balaban J connectivity index is 2.33. The molecule has 0 heterocycles. The summed E-state index contributed by atoms with van der Waals surface area (Å²) in [6.07, 6.45) is 2.38. The van der Waals surface area contributed by atoms with E-state index in [1.54, 1.807) is 0 Å². The van der Waals surface area contributed by atoms with Gasteiger partial charge in [-0.05, 0) is 48.7 Å². The van der Waals surface area contributed by atoms with E-state index in [0.29, 0.717) is 6.54 Å². The van der Waals surface area contributed by atoms with E-state index < -0.39 is 0 Å². The lowest BCUT2D eigenvalue weighted by molar-refractivity contribution is 0.785. The van der Waals surface area contributed by atoms with E-state index in [1.807, 2.05) is 0 Å². The Kier molecular flexibility index (Phi) is 5.19. The highest BCUT2D eigenvalue weighted by Crippen LogP contribution is 2.27.